The van der Waals surface area contributed by atoms with Crippen molar-refractivity contribution in [2.45, 2.75) is 85.3 Å². The Morgan fingerprint density at radius 3 is 2.00 bits per heavy atom. The molecular weight excluding hydrogens is 404 g/mol. The average Bonchev–Trinajstić information content (AvgIpc) is 3.23. The molecule has 0 radical (unpaired) electrons. The smallest absolute Gasteiger partial charge is 0.312 e. The quantitative estimate of drug-likeness (QED) is 0.262. The van der Waals surface area contributed by atoms with E-state index in [9.17, 15) is 4.79 Å². The Hall–Kier alpha value is -2.50. The number of unbranched alkanes of at least 4 members (excludes halogenated alkanes) is 3. The summed E-state index contributed by atoms with van der Waals surface area (Å²) in [7, 11) is 0. The van der Waals surface area contributed by atoms with Gasteiger partial charge in [-0.05, 0) is 97.4 Å². The second-order valence-electron chi connectivity index (χ2n) is 9.87. The zero-order chi connectivity index (χ0) is 23.5. The van der Waals surface area contributed by atoms with Crippen molar-refractivity contribution in [3.8, 4) is 11.5 Å². The third kappa shape index (κ3) is 10.2. The molecule has 0 unspecified atom stereocenters. The molecule has 0 saturated carbocycles. The van der Waals surface area contributed by atoms with E-state index in [0.29, 0.717) is 6.61 Å². The molecule has 1 aromatic carbocycles. The molecule has 0 bridgehead atoms. The summed E-state index contributed by atoms with van der Waals surface area (Å²) in [5.74, 6) is 1.56. The van der Waals surface area contributed by atoms with Crippen LogP contribution >= 0.6 is 0 Å². The van der Waals surface area contributed by atoms with Crippen molar-refractivity contribution in [3.05, 3.63) is 43.0 Å². The molecule has 1 aromatic heterocycles. The molecule has 0 N–H and O–H groups in total. The lowest BCUT2D eigenvalue weighted by Crippen LogP contribution is -2.33. The molecule has 0 saturated heterocycles. The number of carbonyl (C=O) groups excluding carboxylic acids is 1. The Morgan fingerprint density at radius 1 is 0.875 bits per heavy atom. The van der Waals surface area contributed by atoms with Gasteiger partial charge in [0.15, 0.2) is 0 Å². The lowest BCUT2D eigenvalue weighted by molar-refractivity contribution is -0.166. The molecule has 32 heavy (non-hydrogen) atoms. The van der Waals surface area contributed by atoms with E-state index < -0.39 is 11.0 Å². The number of hydrogen-bond acceptors (Lipinski definition) is 5. The van der Waals surface area contributed by atoms with Crippen LogP contribution in [0.2, 0.25) is 0 Å². The lowest BCUT2D eigenvalue weighted by Gasteiger charge is -2.28. The normalized spacial score (nSPS) is 11.9. The zero-order valence-electron chi connectivity index (χ0n) is 20.4. The largest absolute Gasteiger partial charge is 0.494 e. The summed E-state index contributed by atoms with van der Waals surface area (Å²) in [6, 6.07) is 7.79. The first-order valence-corrected chi connectivity index (χ1v) is 11.7. The van der Waals surface area contributed by atoms with Crippen LogP contribution in [0.5, 0.6) is 11.5 Å². The van der Waals surface area contributed by atoms with Gasteiger partial charge in [-0.2, -0.15) is 0 Å². The maximum Gasteiger partial charge on any atom is 0.312 e. The molecule has 6 heteroatoms. The van der Waals surface area contributed by atoms with E-state index in [0.717, 1.165) is 63.2 Å². The van der Waals surface area contributed by atoms with Gasteiger partial charge >= 0.3 is 5.97 Å². The maximum absolute atomic E-state index is 12.3. The van der Waals surface area contributed by atoms with Crippen LogP contribution in [0.4, 0.5) is 0 Å². The van der Waals surface area contributed by atoms with Crippen LogP contribution < -0.4 is 9.47 Å². The highest BCUT2D eigenvalue weighted by Gasteiger charge is 2.31. The number of ether oxygens (including phenoxy) is 3. The Balaban J connectivity index is 1.55. The summed E-state index contributed by atoms with van der Waals surface area (Å²) in [6.45, 7) is 11.9. The van der Waals surface area contributed by atoms with Crippen molar-refractivity contribution in [3.63, 3.8) is 0 Å². The van der Waals surface area contributed by atoms with Gasteiger partial charge in [0, 0.05) is 18.9 Å². The molecule has 0 amide bonds. The van der Waals surface area contributed by atoms with E-state index in [-0.39, 0.29) is 5.97 Å². The summed E-state index contributed by atoms with van der Waals surface area (Å²) in [5.41, 5.74) is -0.931. The van der Waals surface area contributed by atoms with Gasteiger partial charge in [0.25, 0.3) is 0 Å². The highest BCUT2D eigenvalue weighted by Crippen LogP contribution is 2.27. The molecule has 2 aromatic rings. The van der Waals surface area contributed by atoms with Gasteiger partial charge < -0.3 is 18.8 Å². The first-order valence-electron chi connectivity index (χ1n) is 11.7. The van der Waals surface area contributed by atoms with E-state index in [2.05, 4.69) is 9.55 Å². The molecule has 6 nitrogen and oxygen atoms in total. The Kier molecular flexibility index (Phi) is 10.1. The summed E-state index contributed by atoms with van der Waals surface area (Å²) < 4.78 is 19.3. The van der Waals surface area contributed by atoms with E-state index in [1.807, 2.05) is 77.6 Å². The van der Waals surface area contributed by atoms with Crippen molar-refractivity contribution >= 4 is 5.97 Å². The summed E-state index contributed by atoms with van der Waals surface area (Å²) >= 11 is 0. The molecular formula is C26H40N2O4. The fourth-order valence-electron chi connectivity index (χ4n) is 3.19. The number of hydrogen-bond donors (Lipinski definition) is 0. The number of nitrogens with zero attached hydrogens (tertiary/aromatic N) is 2. The second kappa shape index (κ2) is 12.5. The van der Waals surface area contributed by atoms with Gasteiger partial charge in [0.05, 0.1) is 25.0 Å². The van der Waals surface area contributed by atoms with Crippen LogP contribution in [0.3, 0.4) is 0 Å². The minimum atomic E-state index is -0.480. The second-order valence-corrected chi connectivity index (χ2v) is 9.87. The maximum atomic E-state index is 12.3. The predicted octanol–water partition coefficient (Wildman–Crippen LogP) is 6.05. The molecule has 0 atom stereocenters. The van der Waals surface area contributed by atoms with Crippen molar-refractivity contribution in [1.29, 1.82) is 0 Å². The molecule has 0 fully saturated rings. The third-order valence-electron chi connectivity index (χ3n) is 5.13. The highest BCUT2D eigenvalue weighted by atomic mass is 16.6. The van der Waals surface area contributed by atoms with Gasteiger partial charge in [0.1, 0.15) is 17.1 Å². The number of rotatable bonds is 14. The highest BCUT2D eigenvalue weighted by molar-refractivity contribution is 5.76. The number of carbonyl (C=O) groups is 1. The first kappa shape index (κ1) is 25.8. The zero-order valence-corrected chi connectivity index (χ0v) is 20.4. The molecule has 0 spiro atoms. The summed E-state index contributed by atoms with van der Waals surface area (Å²) in [4.78, 5) is 16.4. The Bertz CT molecular complexity index is 777. The van der Waals surface area contributed by atoms with Crippen LogP contribution in [0.1, 0.15) is 73.1 Å². The molecule has 0 aliphatic heterocycles. The van der Waals surface area contributed by atoms with E-state index in [4.69, 9.17) is 14.2 Å². The van der Waals surface area contributed by atoms with Gasteiger partial charge in [0.2, 0.25) is 0 Å². The SMILES string of the molecule is CC(C)(C)OC(=O)C(C)(C)CCCCOc1ccc(OCCCCCn2ccnc2)cc1. The standard InChI is InChI=1S/C26H40N2O4/c1-25(2,3)32-24(29)26(4,5)15-7-10-20-31-23-13-11-22(12-14-23)30-19-9-6-8-17-28-18-16-27-21-28/h11-14,16,18,21H,6-10,15,17,19-20H2,1-5H3. The van der Waals surface area contributed by atoms with Gasteiger partial charge in [-0.1, -0.05) is 0 Å². The van der Waals surface area contributed by atoms with Crippen molar-refractivity contribution in [2.75, 3.05) is 13.2 Å². The number of aromatic nitrogens is 2. The van der Waals surface area contributed by atoms with Crippen LogP contribution in [0.25, 0.3) is 0 Å². The fourth-order valence-corrected chi connectivity index (χ4v) is 3.19. The molecule has 0 aliphatic carbocycles. The first-order chi connectivity index (χ1) is 15.2. The average molecular weight is 445 g/mol. The van der Waals surface area contributed by atoms with Crippen LogP contribution in [-0.2, 0) is 16.1 Å². The lowest BCUT2D eigenvalue weighted by atomic mass is 9.87. The van der Waals surface area contributed by atoms with Crippen molar-refractivity contribution in [1.82, 2.24) is 9.55 Å². The third-order valence-corrected chi connectivity index (χ3v) is 5.13. The van der Waals surface area contributed by atoms with E-state index >= 15 is 0 Å². The monoisotopic (exact) mass is 444 g/mol. The number of esters is 1. The number of aryl methyl sites for hydroxylation is 1. The minimum absolute atomic E-state index is 0.139. The van der Waals surface area contributed by atoms with Gasteiger partial charge in [-0.15, -0.1) is 0 Å². The number of imidazole rings is 1. The topological polar surface area (TPSA) is 62.6 Å². The molecule has 0 aliphatic rings. The summed E-state index contributed by atoms with van der Waals surface area (Å²) in [5, 5.41) is 0. The van der Waals surface area contributed by atoms with Crippen LogP contribution in [0, 0.1) is 5.41 Å². The van der Waals surface area contributed by atoms with E-state index in [1.54, 1.807) is 0 Å². The van der Waals surface area contributed by atoms with Crippen molar-refractivity contribution < 1.29 is 19.0 Å². The summed E-state index contributed by atoms with van der Waals surface area (Å²) in [6.07, 6.45) is 11.5. The van der Waals surface area contributed by atoms with Crippen LogP contribution in [0.15, 0.2) is 43.0 Å². The van der Waals surface area contributed by atoms with Crippen molar-refractivity contribution in [2.24, 2.45) is 5.41 Å². The number of benzene rings is 1. The van der Waals surface area contributed by atoms with Crippen LogP contribution in [-0.4, -0.2) is 34.3 Å². The predicted molar refractivity (Wildman–Crippen MR) is 127 cm³/mol. The minimum Gasteiger partial charge on any atom is -0.494 e. The Labute approximate surface area is 193 Å². The van der Waals surface area contributed by atoms with Gasteiger partial charge in [-0.25, -0.2) is 4.98 Å². The van der Waals surface area contributed by atoms with Gasteiger partial charge in [-0.3, -0.25) is 4.79 Å². The Morgan fingerprint density at radius 2 is 1.47 bits per heavy atom. The fraction of sp³-hybridized carbons (Fsp3) is 0.615. The van der Waals surface area contributed by atoms with E-state index in [1.165, 1.54) is 0 Å². The molecule has 178 valence electrons. The molecule has 1 heterocycles. The molecule has 2 rings (SSSR count).